The van der Waals surface area contributed by atoms with Gasteiger partial charge in [-0.1, -0.05) is 42.5 Å². The molecule has 0 saturated carbocycles. The number of nitrogens with zero attached hydrogens (tertiary/aromatic N) is 2. The van der Waals surface area contributed by atoms with Crippen molar-refractivity contribution in [2.75, 3.05) is 0 Å². The van der Waals surface area contributed by atoms with Crippen molar-refractivity contribution in [2.45, 2.75) is 25.7 Å². The first kappa shape index (κ1) is 14.4. The lowest BCUT2D eigenvalue weighted by Crippen LogP contribution is -1.93. The Morgan fingerprint density at radius 2 is 1.64 bits per heavy atom. The van der Waals surface area contributed by atoms with Crippen molar-refractivity contribution in [3.63, 3.8) is 0 Å². The van der Waals surface area contributed by atoms with E-state index in [0.717, 1.165) is 36.5 Å². The molecule has 3 rings (SSSR count). The summed E-state index contributed by atoms with van der Waals surface area (Å²) in [6.07, 6.45) is 3.56. The summed E-state index contributed by atoms with van der Waals surface area (Å²) in [7, 11) is 0. The van der Waals surface area contributed by atoms with Crippen LogP contribution in [0.2, 0.25) is 0 Å². The van der Waals surface area contributed by atoms with Crippen molar-refractivity contribution in [3.8, 4) is 0 Å². The minimum Gasteiger partial charge on any atom is -0.263 e. The predicted molar refractivity (Wildman–Crippen MR) is 84.1 cm³/mol. The van der Waals surface area contributed by atoms with Crippen LogP contribution in [0.25, 0.3) is 0 Å². The molecule has 0 saturated heterocycles. The average molecular weight is 295 g/mol. The summed E-state index contributed by atoms with van der Waals surface area (Å²) in [4.78, 5) is 4.50. The average Bonchev–Trinajstić information content (AvgIpc) is 2.98. The van der Waals surface area contributed by atoms with E-state index in [1.54, 1.807) is 12.1 Å². The Morgan fingerprint density at radius 3 is 2.41 bits per heavy atom. The molecule has 2 aromatic carbocycles. The van der Waals surface area contributed by atoms with E-state index >= 15 is 0 Å². The molecule has 0 bridgehead atoms. The largest absolute Gasteiger partial charge is 0.263 e. The number of rotatable bonds is 6. The van der Waals surface area contributed by atoms with Crippen LogP contribution in [0.5, 0.6) is 0 Å². The fourth-order valence-electron chi connectivity index (χ4n) is 2.42. The fourth-order valence-corrected chi connectivity index (χ4v) is 2.42. The van der Waals surface area contributed by atoms with E-state index in [9.17, 15) is 4.39 Å². The smallest absolute Gasteiger partial charge is 0.150 e. The van der Waals surface area contributed by atoms with Gasteiger partial charge in [0.1, 0.15) is 11.6 Å². The van der Waals surface area contributed by atoms with Crippen LogP contribution in [0, 0.1) is 5.82 Å². The van der Waals surface area contributed by atoms with Gasteiger partial charge in [0, 0.05) is 12.8 Å². The van der Waals surface area contributed by atoms with E-state index in [1.165, 1.54) is 17.7 Å². The van der Waals surface area contributed by atoms with Crippen molar-refractivity contribution in [1.29, 1.82) is 0 Å². The number of H-pyrrole nitrogens is 1. The summed E-state index contributed by atoms with van der Waals surface area (Å²) in [5.74, 6) is 1.44. The van der Waals surface area contributed by atoms with Crippen molar-refractivity contribution in [1.82, 2.24) is 15.2 Å². The Morgan fingerprint density at radius 1 is 0.864 bits per heavy atom. The SMILES string of the molecule is Fc1ccc(Cc2nc(CCCc3ccccc3)n[nH]2)cc1. The highest BCUT2D eigenvalue weighted by Crippen LogP contribution is 2.09. The zero-order valence-electron chi connectivity index (χ0n) is 12.3. The van der Waals surface area contributed by atoms with E-state index in [-0.39, 0.29) is 5.82 Å². The van der Waals surface area contributed by atoms with Gasteiger partial charge >= 0.3 is 0 Å². The van der Waals surface area contributed by atoms with Gasteiger partial charge in [-0.15, -0.1) is 0 Å². The van der Waals surface area contributed by atoms with Gasteiger partial charge in [0.2, 0.25) is 0 Å². The molecule has 22 heavy (non-hydrogen) atoms. The van der Waals surface area contributed by atoms with Crippen LogP contribution in [-0.4, -0.2) is 15.2 Å². The quantitative estimate of drug-likeness (QED) is 0.753. The lowest BCUT2D eigenvalue weighted by molar-refractivity contribution is 0.627. The van der Waals surface area contributed by atoms with E-state index in [4.69, 9.17) is 0 Å². The molecule has 0 unspecified atom stereocenters. The van der Waals surface area contributed by atoms with Crippen LogP contribution in [0.3, 0.4) is 0 Å². The van der Waals surface area contributed by atoms with Crippen molar-refractivity contribution < 1.29 is 4.39 Å². The monoisotopic (exact) mass is 295 g/mol. The summed E-state index contributed by atoms with van der Waals surface area (Å²) in [5.41, 5.74) is 2.36. The van der Waals surface area contributed by atoms with Crippen LogP contribution in [-0.2, 0) is 19.3 Å². The number of aromatic nitrogens is 3. The van der Waals surface area contributed by atoms with Crippen LogP contribution < -0.4 is 0 Å². The molecule has 1 N–H and O–H groups in total. The van der Waals surface area contributed by atoms with Gasteiger partial charge in [-0.3, -0.25) is 5.10 Å². The lowest BCUT2D eigenvalue weighted by atomic mass is 10.1. The minimum atomic E-state index is -0.220. The molecule has 0 fully saturated rings. The zero-order valence-corrected chi connectivity index (χ0v) is 12.3. The molecule has 4 heteroatoms. The molecule has 0 aliphatic carbocycles. The van der Waals surface area contributed by atoms with Gasteiger partial charge in [0.05, 0.1) is 0 Å². The van der Waals surface area contributed by atoms with Crippen LogP contribution >= 0.6 is 0 Å². The maximum atomic E-state index is 12.9. The minimum absolute atomic E-state index is 0.220. The first-order valence-electron chi connectivity index (χ1n) is 7.48. The molecule has 0 aliphatic heterocycles. The fraction of sp³-hybridized carbons (Fsp3) is 0.222. The van der Waals surface area contributed by atoms with Crippen LogP contribution in [0.1, 0.15) is 29.2 Å². The van der Waals surface area contributed by atoms with Gasteiger partial charge in [-0.05, 0) is 36.1 Å². The third kappa shape index (κ3) is 4.01. The number of halogens is 1. The number of nitrogens with one attached hydrogen (secondary N) is 1. The molecule has 1 heterocycles. The number of hydrogen-bond acceptors (Lipinski definition) is 2. The zero-order chi connectivity index (χ0) is 15.2. The molecular formula is C18H18FN3. The molecule has 0 atom stereocenters. The molecule has 0 spiro atoms. The van der Waals surface area contributed by atoms with Gasteiger partial charge in [-0.2, -0.15) is 5.10 Å². The summed E-state index contributed by atoms with van der Waals surface area (Å²) in [6, 6.07) is 16.9. The van der Waals surface area contributed by atoms with Crippen molar-refractivity contribution >= 4 is 0 Å². The van der Waals surface area contributed by atoms with E-state index in [1.807, 2.05) is 6.07 Å². The predicted octanol–water partition coefficient (Wildman–Crippen LogP) is 3.71. The summed E-state index contributed by atoms with van der Waals surface area (Å²) in [6.45, 7) is 0. The van der Waals surface area contributed by atoms with Gasteiger partial charge in [0.25, 0.3) is 0 Å². The van der Waals surface area contributed by atoms with E-state index < -0.39 is 0 Å². The standard InChI is InChI=1S/C18H18FN3/c19-16-11-9-15(10-12-16)13-18-20-17(21-22-18)8-4-7-14-5-2-1-3-6-14/h1-3,5-6,9-12H,4,7-8,13H2,(H,20,21,22). The molecule has 0 radical (unpaired) electrons. The second-order valence-electron chi connectivity index (χ2n) is 5.34. The highest BCUT2D eigenvalue weighted by molar-refractivity contribution is 5.19. The Labute approximate surface area is 129 Å². The van der Waals surface area contributed by atoms with Crippen molar-refractivity contribution in [2.24, 2.45) is 0 Å². The first-order chi connectivity index (χ1) is 10.8. The molecular weight excluding hydrogens is 277 g/mol. The second kappa shape index (κ2) is 6.98. The number of benzene rings is 2. The normalized spacial score (nSPS) is 10.8. The maximum absolute atomic E-state index is 12.9. The van der Waals surface area contributed by atoms with Crippen LogP contribution in [0.15, 0.2) is 54.6 Å². The molecule has 3 nitrogen and oxygen atoms in total. The third-order valence-electron chi connectivity index (χ3n) is 3.57. The first-order valence-corrected chi connectivity index (χ1v) is 7.48. The third-order valence-corrected chi connectivity index (χ3v) is 3.57. The van der Waals surface area contributed by atoms with Gasteiger partial charge < -0.3 is 0 Å². The molecule has 0 amide bonds. The van der Waals surface area contributed by atoms with Gasteiger partial charge in [-0.25, -0.2) is 9.37 Å². The van der Waals surface area contributed by atoms with E-state index in [2.05, 4.69) is 39.4 Å². The lowest BCUT2D eigenvalue weighted by Gasteiger charge is -1.99. The number of hydrogen-bond donors (Lipinski definition) is 1. The Bertz CT molecular complexity index is 705. The maximum Gasteiger partial charge on any atom is 0.150 e. The number of aryl methyl sites for hydroxylation is 2. The molecule has 1 aromatic heterocycles. The highest BCUT2D eigenvalue weighted by atomic mass is 19.1. The second-order valence-corrected chi connectivity index (χ2v) is 5.34. The van der Waals surface area contributed by atoms with E-state index in [0.29, 0.717) is 6.42 Å². The highest BCUT2D eigenvalue weighted by Gasteiger charge is 2.05. The Kier molecular flexibility index (Phi) is 4.59. The Balaban J connectivity index is 1.51. The summed E-state index contributed by atoms with van der Waals surface area (Å²) < 4.78 is 12.9. The number of aromatic amines is 1. The van der Waals surface area contributed by atoms with Crippen LogP contribution in [0.4, 0.5) is 4.39 Å². The summed E-state index contributed by atoms with van der Waals surface area (Å²) in [5, 5.41) is 7.21. The molecule has 3 aromatic rings. The van der Waals surface area contributed by atoms with Gasteiger partial charge in [0.15, 0.2) is 5.82 Å². The topological polar surface area (TPSA) is 41.6 Å². The molecule has 0 aliphatic rings. The Hall–Kier alpha value is -2.49. The van der Waals surface area contributed by atoms with Crippen molar-refractivity contribution in [3.05, 3.63) is 83.2 Å². The summed E-state index contributed by atoms with van der Waals surface area (Å²) >= 11 is 0. The molecule has 112 valence electrons.